The number of aryl methyl sites for hydroxylation is 1. The van der Waals surface area contributed by atoms with E-state index in [1.54, 1.807) is 0 Å². The third-order valence-electron chi connectivity index (χ3n) is 2.27. The fraction of sp³-hybridized carbons (Fsp3) is 0.455. The Morgan fingerprint density at radius 1 is 1.60 bits per heavy atom. The molecule has 0 radical (unpaired) electrons. The lowest BCUT2D eigenvalue weighted by molar-refractivity contribution is -0.114. The summed E-state index contributed by atoms with van der Waals surface area (Å²) in [5, 5.41) is 11.6. The molecule has 1 heterocycles. The van der Waals surface area contributed by atoms with Crippen molar-refractivity contribution in [3.05, 3.63) is 16.8 Å². The number of rotatable bonds is 3. The highest BCUT2D eigenvalue weighted by Gasteiger charge is 2.13. The first kappa shape index (κ1) is 11.3. The average molecular weight is 205 g/mol. The van der Waals surface area contributed by atoms with Crippen LogP contribution < -0.4 is 5.32 Å². The number of carbonyl (C=O) groups is 1. The molecule has 0 saturated heterocycles. The van der Waals surface area contributed by atoms with Crippen LogP contribution in [0.25, 0.3) is 0 Å². The zero-order valence-electron chi connectivity index (χ0n) is 9.27. The van der Waals surface area contributed by atoms with Gasteiger partial charge in [-0.05, 0) is 18.9 Å². The molecule has 0 aliphatic carbocycles. The fourth-order valence-corrected chi connectivity index (χ4v) is 1.56. The van der Waals surface area contributed by atoms with Crippen LogP contribution >= 0.6 is 0 Å². The van der Waals surface area contributed by atoms with Crippen LogP contribution in [0.3, 0.4) is 0 Å². The molecule has 4 nitrogen and oxygen atoms in total. The standard InChI is InChI=1S/C11H15N3O/c1-4-5-10-7(2)9(6-12)11(14-10)13-8(3)15/h14H,4-5H2,1-3H3,(H,13,15). The van der Waals surface area contributed by atoms with Crippen molar-refractivity contribution in [3.8, 4) is 6.07 Å². The molecule has 4 heteroatoms. The minimum atomic E-state index is -0.171. The summed E-state index contributed by atoms with van der Waals surface area (Å²) in [4.78, 5) is 14.0. The predicted molar refractivity (Wildman–Crippen MR) is 58.5 cm³/mol. The van der Waals surface area contributed by atoms with E-state index in [0.717, 1.165) is 24.1 Å². The van der Waals surface area contributed by atoms with Crippen molar-refractivity contribution in [1.29, 1.82) is 5.26 Å². The number of nitriles is 1. The Bertz CT molecular complexity index is 412. The van der Waals surface area contributed by atoms with Gasteiger partial charge < -0.3 is 10.3 Å². The Hall–Kier alpha value is -1.76. The second-order valence-electron chi connectivity index (χ2n) is 3.52. The fourth-order valence-electron chi connectivity index (χ4n) is 1.56. The zero-order valence-corrected chi connectivity index (χ0v) is 9.27. The third kappa shape index (κ3) is 2.38. The number of hydrogen-bond donors (Lipinski definition) is 2. The molecular formula is C11H15N3O. The summed E-state index contributed by atoms with van der Waals surface area (Å²) in [6.07, 6.45) is 1.89. The summed E-state index contributed by atoms with van der Waals surface area (Å²) in [5.41, 5.74) is 2.49. The van der Waals surface area contributed by atoms with Crippen LogP contribution in [0.1, 0.15) is 37.1 Å². The van der Waals surface area contributed by atoms with Gasteiger partial charge in [-0.2, -0.15) is 5.26 Å². The maximum atomic E-state index is 10.9. The molecule has 0 atom stereocenters. The first-order valence-electron chi connectivity index (χ1n) is 4.99. The minimum absolute atomic E-state index is 0.171. The molecular weight excluding hydrogens is 190 g/mol. The molecule has 1 aromatic heterocycles. The molecule has 80 valence electrons. The van der Waals surface area contributed by atoms with Crippen molar-refractivity contribution >= 4 is 11.7 Å². The molecule has 0 aromatic carbocycles. The average Bonchev–Trinajstić information content (AvgIpc) is 2.43. The first-order chi connectivity index (χ1) is 7.10. The predicted octanol–water partition coefficient (Wildman–Crippen LogP) is 2.11. The van der Waals surface area contributed by atoms with E-state index in [4.69, 9.17) is 5.26 Å². The summed E-state index contributed by atoms with van der Waals surface area (Å²) in [5.74, 6) is 0.349. The van der Waals surface area contributed by atoms with Crippen LogP contribution in [0.2, 0.25) is 0 Å². The number of aromatic amines is 1. The second-order valence-corrected chi connectivity index (χ2v) is 3.52. The quantitative estimate of drug-likeness (QED) is 0.793. The Morgan fingerprint density at radius 2 is 2.27 bits per heavy atom. The van der Waals surface area contributed by atoms with E-state index in [-0.39, 0.29) is 5.91 Å². The molecule has 0 aliphatic heterocycles. The van der Waals surface area contributed by atoms with Gasteiger partial charge >= 0.3 is 0 Å². The number of anilines is 1. The Balaban J connectivity index is 3.11. The van der Waals surface area contributed by atoms with Crippen LogP contribution in [-0.4, -0.2) is 10.9 Å². The molecule has 1 rings (SSSR count). The van der Waals surface area contributed by atoms with Gasteiger partial charge in [0.1, 0.15) is 11.9 Å². The largest absolute Gasteiger partial charge is 0.344 e. The van der Waals surface area contributed by atoms with Crippen LogP contribution in [0.5, 0.6) is 0 Å². The van der Waals surface area contributed by atoms with Crippen LogP contribution in [0.15, 0.2) is 0 Å². The normalized spacial score (nSPS) is 9.73. The van der Waals surface area contributed by atoms with Gasteiger partial charge in [0, 0.05) is 12.6 Å². The summed E-state index contributed by atoms with van der Waals surface area (Å²) in [6, 6.07) is 2.10. The van der Waals surface area contributed by atoms with Gasteiger partial charge in [-0.25, -0.2) is 0 Å². The van der Waals surface area contributed by atoms with E-state index in [0.29, 0.717) is 11.4 Å². The smallest absolute Gasteiger partial charge is 0.222 e. The highest BCUT2D eigenvalue weighted by Crippen LogP contribution is 2.22. The summed E-state index contributed by atoms with van der Waals surface area (Å²) in [7, 11) is 0. The summed E-state index contributed by atoms with van der Waals surface area (Å²) >= 11 is 0. The van der Waals surface area contributed by atoms with E-state index < -0.39 is 0 Å². The van der Waals surface area contributed by atoms with Gasteiger partial charge in [-0.3, -0.25) is 4.79 Å². The molecule has 1 aromatic rings. The van der Waals surface area contributed by atoms with E-state index in [1.807, 2.05) is 6.92 Å². The highest BCUT2D eigenvalue weighted by atomic mass is 16.1. The Kier molecular flexibility index (Phi) is 3.51. The zero-order chi connectivity index (χ0) is 11.4. The minimum Gasteiger partial charge on any atom is -0.344 e. The number of nitrogens with one attached hydrogen (secondary N) is 2. The highest BCUT2D eigenvalue weighted by molar-refractivity contribution is 5.89. The monoisotopic (exact) mass is 205 g/mol. The molecule has 0 bridgehead atoms. The van der Waals surface area contributed by atoms with Gasteiger partial charge in [0.15, 0.2) is 0 Å². The number of carbonyl (C=O) groups excluding carboxylic acids is 1. The van der Waals surface area contributed by atoms with Crippen molar-refractivity contribution in [2.45, 2.75) is 33.6 Å². The number of aromatic nitrogens is 1. The lowest BCUT2D eigenvalue weighted by atomic mass is 10.1. The van der Waals surface area contributed by atoms with E-state index >= 15 is 0 Å². The Labute approximate surface area is 89.3 Å². The Morgan fingerprint density at radius 3 is 2.73 bits per heavy atom. The van der Waals surface area contributed by atoms with Gasteiger partial charge in [0.05, 0.1) is 5.56 Å². The van der Waals surface area contributed by atoms with Crippen molar-refractivity contribution in [3.63, 3.8) is 0 Å². The molecule has 0 fully saturated rings. The van der Waals surface area contributed by atoms with E-state index in [1.165, 1.54) is 6.92 Å². The van der Waals surface area contributed by atoms with Crippen molar-refractivity contribution < 1.29 is 4.79 Å². The number of H-pyrrole nitrogens is 1. The van der Waals surface area contributed by atoms with Gasteiger partial charge in [-0.15, -0.1) is 0 Å². The summed E-state index contributed by atoms with van der Waals surface area (Å²) in [6.45, 7) is 5.40. The molecule has 0 unspecified atom stereocenters. The summed E-state index contributed by atoms with van der Waals surface area (Å²) < 4.78 is 0. The molecule has 2 N–H and O–H groups in total. The van der Waals surface area contributed by atoms with Crippen LogP contribution in [0.4, 0.5) is 5.82 Å². The van der Waals surface area contributed by atoms with Crippen LogP contribution in [-0.2, 0) is 11.2 Å². The van der Waals surface area contributed by atoms with E-state index in [9.17, 15) is 4.79 Å². The number of nitrogens with zero attached hydrogens (tertiary/aromatic N) is 1. The number of amides is 1. The maximum Gasteiger partial charge on any atom is 0.222 e. The number of hydrogen-bond acceptors (Lipinski definition) is 2. The first-order valence-corrected chi connectivity index (χ1v) is 4.99. The lowest BCUT2D eigenvalue weighted by Gasteiger charge is -1.97. The van der Waals surface area contributed by atoms with Crippen molar-refractivity contribution in [2.75, 3.05) is 5.32 Å². The van der Waals surface area contributed by atoms with Gasteiger partial charge in [0.25, 0.3) is 0 Å². The van der Waals surface area contributed by atoms with Crippen molar-refractivity contribution in [1.82, 2.24) is 4.98 Å². The SMILES string of the molecule is CCCc1[nH]c(NC(C)=O)c(C#N)c1C. The van der Waals surface area contributed by atoms with Crippen LogP contribution in [0, 0.1) is 18.3 Å². The van der Waals surface area contributed by atoms with Crippen molar-refractivity contribution in [2.24, 2.45) is 0 Å². The van der Waals surface area contributed by atoms with E-state index in [2.05, 4.69) is 23.3 Å². The third-order valence-corrected chi connectivity index (χ3v) is 2.27. The maximum absolute atomic E-state index is 10.9. The van der Waals surface area contributed by atoms with Gasteiger partial charge in [-0.1, -0.05) is 13.3 Å². The molecule has 15 heavy (non-hydrogen) atoms. The molecule has 0 saturated carbocycles. The van der Waals surface area contributed by atoms with Gasteiger partial charge in [0.2, 0.25) is 5.91 Å². The second kappa shape index (κ2) is 4.65. The molecule has 0 aliphatic rings. The molecule has 1 amide bonds. The topological polar surface area (TPSA) is 68.7 Å². The molecule has 0 spiro atoms. The lowest BCUT2D eigenvalue weighted by Crippen LogP contribution is -2.07.